The van der Waals surface area contributed by atoms with Gasteiger partial charge in [0, 0.05) is 0 Å². The fourth-order valence-corrected chi connectivity index (χ4v) is 1.86. The molecule has 1 aromatic heterocycles. The molecule has 0 fully saturated rings. The summed E-state index contributed by atoms with van der Waals surface area (Å²) < 4.78 is 0. The molecule has 0 aliphatic carbocycles. The largest absolute Gasteiger partial charge is 0.504 e. The third-order valence-corrected chi connectivity index (χ3v) is 2.99. The number of thiophene rings is 1. The zero-order valence-corrected chi connectivity index (χ0v) is 10.0. The van der Waals surface area contributed by atoms with E-state index in [4.69, 9.17) is 5.11 Å². The van der Waals surface area contributed by atoms with Crippen LogP contribution in [0, 0.1) is 0 Å². The van der Waals surface area contributed by atoms with Gasteiger partial charge in [-0.2, -0.15) is 5.10 Å². The Morgan fingerprint density at radius 3 is 2.78 bits per heavy atom. The standard InChI is InChI=1S/C12H10N2O3S/c15-9-4-3-8(6-10(9)16)7-13-14-12(17)11-2-1-5-18-11/h1-7,15-16H,(H,14,17)/b13-7+. The van der Waals surface area contributed by atoms with Crippen LogP contribution < -0.4 is 5.43 Å². The van der Waals surface area contributed by atoms with Crippen LogP contribution in [-0.2, 0) is 0 Å². The van der Waals surface area contributed by atoms with Gasteiger partial charge in [0.05, 0.1) is 11.1 Å². The fourth-order valence-electron chi connectivity index (χ4n) is 1.25. The molecule has 0 bridgehead atoms. The van der Waals surface area contributed by atoms with Gasteiger partial charge >= 0.3 is 0 Å². The summed E-state index contributed by atoms with van der Waals surface area (Å²) in [6, 6.07) is 7.73. The summed E-state index contributed by atoms with van der Waals surface area (Å²) in [7, 11) is 0. The van der Waals surface area contributed by atoms with Crippen LogP contribution in [0.1, 0.15) is 15.2 Å². The van der Waals surface area contributed by atoms with Crippen LogP contribution in [0.4, 0.5) is 0 Å². The maximum Gasteiger partial charge on any atom is 0.281 e. The summed E-state index contributed by atoms with van der Waals surface area (Å²) in [4.78, 5) is 12.1. The molecule has 3 N–H and O–H groups in total. The lowest BCUT2D eigenvalue weighted by atomic mass is 10.2. The Balaban J connectivity index is 1.99. The van der Waals surface area contributed by atoms with E-state index in [2.05, 4.69) is 10.5 Å². The highest BCUT2D eigenvalue weighted by molar-refractivity contribution is 7.12. The molecule has 0 aliphatic heterocycles. The van der Waals surface area contributed by atoms with E-state index in [-0.39, 0.29) is 17.4 Å². The van der Waals surface area contributed by atoms with E-state index in [0.717, 1.165) is 0 Å². The van der Waals surface area contributed by atoms with Gasteiger partial charge in [-0.05, 0) is 35.2 Å². The number of nitrogens with zero attached hydrogens (tertiary/aromatic N) is 1. The zero-order valence-electron chi connectivity index (χ0n) is 9.20. The molecule has 0 aliphatic rings. The molecule has 0 unspecified atom stereocenters. The van der Waals surface area contributed by atoms with Gasteiger partial charge in [0.2, 0.25) is 0 Å². The van der Waals surface area contributed by atoms with Crippen LogP contribution in [0.25, 0.3) is 0 Å². The quantitative estimate of drug-likeness (QED) is 0.449. The van der Waals surface area contributed by atoms with Crippen molar-refractivity contribution in [1.29, 1.82) is 0 Å². The highest BCUT2D eigenvalue weighted by Crippen LogP contribution is 2.23. The van der Waals surface area contributed by atoms with Gasteiger partial charge in [-0.15, -0.1) is 11.3 Å². The maximum absolute atomic E-state index is 11.5. The predicted octanol–water partition coefficient (Wildman–Crippen LogP) is 1.92. The Morgan fingerprint density at radius 1 is 1.28 bits per heavy atom. The monoisotopic (exact) mass is 262 g/mol. The molecule has 2 aromatic rings. The second-order valence-corrected chi connectivity index (χ2v) is 4.37. The SMILES string of the molecule is O=C(N/N=C/c1ccc(O)c(O)c1)c1cccs1. The second-order valence-electron chi connectivity index (χ2n) is 3.42. The minimum Gasteiger partial charge on any atom is -0.504 e. The summed E-state index contributed by atoms with van der Waals surface area (Å²) in [6.07, 6.45) is 1.38. The van der Waals surface area contributed by atoms with Crippen LogP contribution in [0.2, 0.25) is 0 Å². The van der Waals surface area contributed by atoms with Crippen molar-refractivity contribution in [2.45, 2.75) is 0 Å². The Labute approximate surface area is 107 Å². The van der Waals surface area contributed by atoms with E-state index in [1.165, 1.54) is 29.7 Å². The van der Waals surface area contributed by atoms with E-state index in [9.17, 15) is 9.90 Å². The van der Waals surface area contributed by atoms with Gasteiger partial charge in [-0.1, -0.05) is 6.07 Å². The maximum atomic E-state index is 11.5. The third kappa shape index (κ3) is 2.86. The number of carbonyl (C=O) groups excluding carboxylic acids is 1. The first-order chi connectivity index (χ1) is 8.66. The highest BCUT2D eigenvalue weighted by atomic mass is 32.1. The van der Waals surface area contributed by atoms with Crippen molar-refractivity contribution in [1.82, 2.24) is 5.43 Å². The Bertz CT molecular complexity index is 579. The van der Waals surface area contributed by atoms with E-state index < -0.39 is 0 Å². The summed E-state index contributed by atoms with van der Waals surface area (Å²) in [6.45, 7) is 0. The number of hydrazone groups is 1. The van der Waals surface area contributed by atoms with Crippen molar-refractivity contribution >= 4 is 23.5 Å². The average molecular weight is 262 g/mol. The molecule has 5 nitrogen and oxygen atoms in total. The number of phenols is 2. The van der Waals surface area contributed by atoms with E-state index in [0.29, 0.717) is 10.4 Å². The van der Waals surface area contributed by atoms with Gasteiger partial charge in [0.15, 0.2) is 11.5 Å². The number of hydrogen-bond donors (Lipinski definition) is 3. The molecule has 0 radical (unpaired) electrons. The molecule has 1 aromatic carbocycles. The lowest BCUT2D eigenvalue weighted by Crippen LogP contribution is -2.16. The molecule has 0 saturated carbocycles. The minimum atomic E-state index is -0.288. The molecule has 1 heterocycles. The molecule has 1 amide bonds. The highest BCUT2D eigenvalue weighted by Gasteiger charge is 2.03. The van der Waals surface area contributed by atoms with Crippen molar-refractivity contribution in [3.05, 3.63) is 46.2 Å². The van der Waals surface area contributed by atoms with Crippen LogP contribution in [0.3, 0.4) is 0 Å². The third-order valence-electron chi connectivity index (χ3n) is 2.12. The fraction of sp³-hybridized carbons (Fsp3) is 0. The van der Waals surface area contributed by atoms with Gasteiger partial charge in [0.1, 0.15) is 0 Å². The number of phenolic OH excluding ortho intramolecular Hbond substituents is 2. The van der Waals surface area contributed by atoms with Crippen molar-refractivity contribution in [2.75, 3.05) is 0 Å². The second kappa shape index (κ2) is 5.33. The van der Waals surface area contributed by atoms with Crippen molar-refractivity contribution < 1.29 is 15.0 Å². The summed E-state index contributed by atoms with van der Waals surface area (Å²) in [5.41, 5.74) is 2.93. The van der Waals surface area contributed by atoms with E-state index in [1.807, 2.05) is 0 Å². The lowest BCUT2D eigenvalue weighted by Gasteiger charge is -1.98. The van der Waals surface area contributed by atoms with Crippen molar-refractivity contribution in [3.8, 4) is 11.5 Å². The molecule has 2 rings (SSSR count). The molecule has 92 valence electrons. The smallest absolute Gasteiger partial charge is 0.281 e. The van der Waals surface area contributed by atoms with Crippen molar-refractivity contribution in [3.63, 3.8) is 0 Å². The molecule has 0 spiro atoms. The first-order valence-electron chi connectivity index (χ1n) is 5.06. The predicted molar refractivity (Wildman–Crippen MR) is 69.2 cm³/mol. The molecular weight excluding hydrogens is 252 g/mol. The topological polar surface area (TPSA) is 81.9 Å². The number of amides is 1. The molecule has 18 heavy (non-hydrogen) atoms. The normalized spacial score (nSPS) is 10.7. The van der Waals surface area contributed by atoms with Gasteiger partial charge in [0.25, 0.3) is 5.91 Å². The first kappa shape index (κ1) is 12.1. The number of hydrogen-bond acceptors (Lipinski definition) is 5. The van der Waals surface area contributed by atoms with Gasteiger partial charge in [-0.3, -0.25) is 4.79 Å². The zero-order chi connectivity index (χ0) is 13.0. The first-order valence-corrected chi connectivity index (χ1v) is 5.93. The van der Waals surface area contributed by atoms with Crippen LogP contribution in [0.15, 0.2) is 40.8 Å². The minimum absolute atomic E-state index is 0.199. The average Bonchev–Trinajstić information content (AvgIpc) is 2.87. The summed E-state index contributed by atoms with van der Waals surface area (Å²) >= 11 is 1.32. The van der Waals surface area contributed by atoms with Gasteiger partial charge in [-0.25, -0.2) is 5.43 Å². The number of rotatable bonds is 3. The Hall–Kier alpha value is -2.34. The van der Waals surface area contributed by atoms with Crippen LogP contribution >= 0.6 is 11.3 Å². The molecule has 0 saturated heterocycles. The number of aromatic hydroxyl groups is 2. The lowest BCUT2D eigenvalue weighted by molar-refractivity contribution is 0.0959. The number of nitrogens with one attached hydrogen (secondary N) is 1. The van der Waals surface area contributed by atoms with E-state index in [1.54, 1.807) is 23.6 Å². The van der Waals surface area contributed by atoms with E-state index >= 15 is 0 Å². The Morgan fingerprint density at radius 2 is 2.11 bits per heavy atom. The van der Waals surface area contributed by atoms with Crippen LogP contribution in [-0.4, -0.2) is 22.3 Å². The number of benzene rings is 1. The number of carbonyl (C=O) groups is 1. The molecular formula is C12H10N2O3S. The Kier molecular flexibility index (Phi) is 3.59. The summed E-state index contributed by atoms with van der Waals surface area (Å²) in [5.74, 6) is -0.720. The molecule has 6 heteroatoms. The van der Waals surface area contributed by atoms with Gasteiger partial charge < -0.3 is 10.2 Å². The summed E-state index contributed by atoms with van der Waals surface area (Å²) in [5, 5.41) is 23.9. The molecule has 0 atom stereocenters. The van der Waals surface area contributed by atoms with Crippen LogP contribution in [0.5, 0.6) is 11.5 Å². The van der Waals surface area contributed by atoms with Crippen molar-refractivity contribution in [2.24, 2.45) is 5.10 Å².